The molecule has 0 radical (unpaired) electrons. The maximum atomic E-state index is 12.2. The molecule has 2 aromatic carbocycles. The summed E-state index contributed by atoms with van der Waals surface area (Å²) in [5.41, 5.74) is 5.73. The number of para-hydroxylation sites is 1. The molecule has 1 heterocycles. The van der Waals surface area contributed by atoms with Gasteiger partial charge in [0.25, 0.3) is 0 Å². The van der Waals surface area contributed by atoms with Crippen molar-refractivity contribution < 1.29 is 4.79 Å². The van der Waals surface area contributed by atoms with E-state index in [1.807, 2.05) is 32.0 Å². The second-order valence-electron chi connectivity index (χ2n) is 5.72. The third-order valence-electron chi connectivity index (χ3n) is 3.82. The fourth-order valence-corrected chi connectivity index (χ4v) is 2.99. The number of amides is 1. The molecule has 3 heteroatoms. The lowest BCUT2D eigenvalue weighted by atomic mass is 10.1. The van der Waals surface area contributed by atoms with Crippen LogP contribution in [0.2, 0.25) is 0 Å². The van der Waals surface area contributed by atoms with Crippen molar-refractivity contribution in [3.63, 3.8) is 0 Å². The van der Waals surface area contributed by atoms with E-state index >= 15 is 0 Å². The molecule has 0 aliphatic carbocycles. The summed E-state index contributed by atoms with van der Waals surface area (Å²) in [4.78, 5) is 14.4. The molecular formula is C18H20N2O. The number of rotatable bonds is 3. The molecule has 1 aliphatic heterocycles. The third kappa shape index (κ3) is 3.07. The second kappa shape index (κ2) is 5.60. The van der Waals surface area contributed by atoms with Crippen molar-refractivity contribution in [2.75, 3.05) is 23.3 Å². The average Bonchev–Trinajstić information content (AvgIpc) is 2.81. The number of nitrogens with zero attached hydrogens (tertiary/aromatic N) is 1. The number of hydrogen-bond acceptors (Lipinski definition) is 2. The Morgan fingerprint density at radius 2 is 1.86 bits per heavy atom. The van der Waals surface area contributed by atoms with Crippen LogP contribution in [0, 0.1) is 13.8 Å². The number of benzene rings is 2. The summed E-state index contributed by atoms with van der Waals surface area (Å²) < 4.78 is 0. The first kappa shape index (κ1) is 13.7. The molecule has 0 aromatic heterocycles. The highest BCUT2D eigenvalue weighted by atomic mass is 16.2. The van der Waals surface area contributed by atoms with Crippen LogP contribution in [0.5, 0.6) is 0 Å². The average molecular weight is 280 g/mol. The van der Waals surface area contributed by atoms with Gasteiger partial charge in [0.1, 0.15) is 0 Å². The Morgan fingerprint density at radius 3 is 2.62 bits per heavy atom. The molecule has 21 heavy (non-hydrogen) atoms. The molecule has 0 spiro atoms. The monoisotopic (exact) mass is 280 g/mol. The van der Waals surface area contributed by atoms with Crippen molar-refractivity contribution in [3.8, 4) is 0 Å². The minimum Gasteiger partial charge on any atom is -0.362 e. The Bertz CT molecular complexity index is 658. The molecule has 0 fully saturated rings. The summed E-state index contributed by atoms with van der Waals surface area (Å²) in [6.07, 6.45) is 1.02. The van der Waals surface area contributed by atoms with Crippen molar-refractivity contribution in [2.45, 2.75) is 20.3 Å². The summed E-state index contributed by atoms with van der Waals surface area (Å²) in [6, 6.07) is 14.4. The van der Waals surface area contributed by atoms with Gasteiger partial charge in [-0.2, -0.15) is 0 Å². The number of carbonyl (C=O) groups excluding carboxylic acids is 1. The maximum Gasteiger partial charge on any atom is 0.243 e. The molecule has 3 rings (SSSR count). The van der Waals surface area contributed by atoms with Gasteiger partial charge in [-0.1, -0.05) is 24.3 Å². The summed E-state index contributed by atoms with van der Waals surface area (Å²) in [5, 5.41) is 3.00. The van der Waals surface area contributed by atoms with Gasteiger partial charge in [0.2, 0.25) is 5.91 Å². The van der Waals surface area contributed by atoms with Crippen molar-refractivity contribution in [3.05, 3.63) is 59.2 Å². The molecule has 0 saturated heterocycles. The molecule has 1 amide bonds. The number of nitrogens with one attached hydrogen (secondary N) is 1. The maximum absolute atomic E-state index is 12.2. The molecule has 3 nitrogen and oxygen atoms in total. The fraction of sp³-hybridized carbons (Fsp3) is 0.278. The molecule has 0 saturated carbocycles. The lowest BCUT2D eigenvalue weighted by Crippen LogP contribution is -2.31. The predicted octanol–water partition coefficient (Wildman–Crippen LogP) is 3.30. The summed E-state index contributed by atoms with van der Waals surface area (Å²) in [5.74, 6) is 0.0386. The van der Waals surface area contributed by atoms with Crippen LogP contribution in [0.15, 0.2) is 42.5 Å². The molecule has 0 unspecified atom stereocenters. The van der Waals surface area contributed by atoms with E-state index in [1.165, 1.54) is 11.3 Å². The number of aryl methyl sites for hydroxylation is 2. The van der Waals surface area contributed by atoms with E-state index in [0.29, 0.717) is 6.54 Å². The van der Waals surface area contributed by atoms with E-state index in [2.05, 4.69) is 34.5 Å². The van der Waals surface area contributed by atoms with Crippen LogP contribution in [-0.2, 0) is 11.2 Å². The topological polar surface area (TPSA) is 32.3 Å². The Kier molecular flexibility index (Phi) is 3.65. The van der Waals surface area contributed by atoms with E-state index in [0.717, 1.165) is 29.8 Å². The quantitative estimate of drug-likeness (QED) is 0.935. The van der Waals surface area contributed by atoms with Gasteiger partial charge in [0.15, 0.2) is 0 Å². The van der Waals surface area contributed by atoms with Gasteiger partial charge in [-0.3, -0.25) is 4.79 Å². The second-order valence-corrected chi connectivity index (χ2v) is 5.72. The van der Waals surface area contributed by atoms with Crippen LogP contribution < -0.4 is 10.2 Å². The van der Waals surface area contributed by atoms with Gasteiger partial charge in [-0.25, -0.2) is 0 Å². The van der Waals surface area contributed by atoms with Crippen LogP contribution in [-0.4, -0.2) is 19.0 Å². The van der Waals surface area contributed by atoms with Gasteiger partial charge in [0.05, 0.1) is 6.54 Å². The SMILES string of the molecule is Cc1cc(C)cc(NC(=O)CN2CCc3ccccc32)c1. The molecule has 0 atom stereocenters. The smallest absolute Gasteiger partial charge is 0.243 e. The lowest BCUT2D eigenvalue weighted by Gasteiger charge is -2.19. The summed E-state index contributed by atoms with van der Waals surface area (Å²) in [7, 11) is 0. The Balaban J connectivity index is 1.68. The molecule has 2 aromatic rings. The molecular weight excluding hydrogens is 260 g/mol. The first-order valence-electron chi connectivity index (χ1n) is 7.33. The van der Waals surface area contributed by atoms with Gasteiger partial charge in [-0.15, -0.1) is 0 Å². The number of carbonyl (C=O) groups is 1. The van der Waals surface area contributed by atoms with Crippen LogP contribution in [0.4, 0.5) is 11.4 Å². The fourth-order valence-electron chi connectivity index (χ4n) is 2.99. The van der Waals surface area contributed by atoms with E-state index in [4.69, 9.17) is 0 Å². The van der Waals surface area contributed by atoms with Crippen LogP contribution >= 0.6 is 0 Å². The first-order valence-corrected chi connectivity index (χ1v) is 7.33. The highest BCUT2D eigenvalue weighted by molar-refractivity contribution is 5.94. The van der Waals surface area contributed by atoms with Crippen molar-refractivity contribution >= 4 is 17.3 Å². The zero-order valence-corrected chi connectivity index (χ0v) is 12.5. The van der Waals surface area contributed by atoms with Gasteiger partial charge < -0.3 is 10.2 Å². The molecule has 0 bridgehead atoms. The van der Waals surface area contributed by atoms with Crippen molar-refractivity contribution in [1.29, 1.82) is 0 Å². The summed E-state index contributed by atoms with van der Waals surface area (Å²) >= 11 is 0. The van der Waals surface area contributed by atoms with Gasteiger partial charge >= 0.3 is 0 Å². The minimum absolute atomic E-state index is 0.0386. The predicted molar refractivity (Wildman–Crippen MR) is 86.9 cm³/mol. The van der Waals surface area contributed by atoms with E-state index in [1.54, 1.807) is 0 Å². The molecule has 108 valence electrons. The normalized spacial score (nSPS) is 13.1. The standard InChI is InChI=1S/C18H20N2O/c1-13-9-14(2)11-16(10-13)19-18(21)12-20-8-7-15-5-3-4-6-17(15)20/h3-6,9-11H,7-8,12H2,1-2H3,(H,19,21). The van der Waals surface area contributed by atoms with E-state index < -0.39 is 0 Å². The largest absolute Gasteiger partial charge is 0.362 e. The van der Waals surface area contributed by atoms with E-state index in [-0.39, 0.29) is 5.91 Å². The summed E-state index contributed by atoms with van der Waals surface area (Å²) in [6.45, 7) is 5.41. The highest BCUT2D eigenvalue weighted by Crippen LogP contribution is 2.27. The lowest BCUT2D eigenvalue weighted by molar-refractivity contribution is -0.115. The van der Waals surface area contributed by atoms with Gasteiger partial charge in [-0.05, 0) is 55.2 Å². The van der Waals surface area contributed by atoms with Gasteiger partial charge in [0, 0.05) is 17.9 Å². The third-order valence-corrected chi connectivity index (χ3v) is 3.82. The Morgan fingerprint density at radius 1 is 1.14 bits per heavy atom. The minimum atomic E-state index is 0.0386. The molecule has 1 N–H and O–H groups in total. The van der Waals surface area contributed by atoms with Crippen LogP contribution in [0.1, 0.15) is 16.7 Å². The van der Waals surface area contributed by atoms with Crippen LogP contribution in [0.3, 0.4) is 0 Å². The Hall–Kier alpha value is -2.29. The van der Waals surface area contributed by atoms with E-state index in [9.17, 15) is 4.79 Å². The number of hydrogen-bond donors (Lipinski definition) is 1. The van der Waals surface area contributed by atoms with Crippen molar-refractivity contribution in [2.24, 2.45) is 0 Å². The zero-order valence-electron chi connectivity index (χ0n) is 12.5. The van der Waals surface area contributed by atoms with Crippen molar-refractivity contribution in [1.82, 2.24) is 0 Å². The van der Waals surface area contributed by atoms with Crippen LogP contribution in [0.25, 0.3) is 0 Å². The molecule has 1 aliphatic rings. The Labute approximate surface area is 125 Å². The number of fused-ring (bicyclic) bond motifs is 1. The first-order chi connectivity index (χ1) is 10.1. The number of anilines is 2. The highest BCUT2D eigenvalue weighted by Gasteiger charge is 2.20. The zero-order chi connectivity index (χ0) is 14.8.